The number of hydrogen-bond acceptors (Lipinski definition) is 2. The first-order chi connectivity index (χ1) is 31.3. The lowest BCUT2D eigenvalue weighted by atomic mass is 9.70. The van der Waals surface area contributed by atoms with Crippen molar-refractivity contribution in [3.05, 3.63) is 247 Å². The molecule has 1 nitrogen and oxygen atoms in total. The quantitative estimate of drug-likeness (QED) is 0.160. The fraction of sp³-hybridized carbons (Fsp3) is 0.0164. The van der Waals surface area contributed by atoms with Crippen LogP contribution in [0, 0.1) is 0 Å². The number of nitrogens with zero attached hydrogens (tertiary/aromatic N) is 1. The minimum atomic E-state index is -0.468. The molecule has 14 rings (SSSR count). The largest absolute Gasteiger partial charge is 0.309 e. The molecule has 12 aromatic rings. The van der Waals surface area contributed by atoms with Crippen molar-refractivity contribution in [1.82, 2.24) is 0 Å². The molecule has 0 radical (unpaired) electrons. The Morgan fingerprint density at radius 1 is 0.302 bits per heavy atom. The van der Waals surface area contributed by atoms with Crippen molar-refractivity contribution in [2.75, 3.05) is 4.90 Å². The van der Waals surface area contributed by atoms with Gasteiger partial charge < -0.3 is 4.90 Å². The first-order valence-electron chi connectivity index (χ1n) is 21.8. The molecular formula is C61H37NS. The Kier molecular flexibility index (Phi) is 7.26. The summed E-state index contributed by atoms with van der Waals surface area (Å²) in [6.45, 7) is 0. The molecule has 2 aliphatic carbocycles. The zero-order chi connectivity index (χ0) is 41.2. The molecule has 0 saturated carbocycles. The average Bonchev–Trinajstić information content (AvgIpc) is 3.99. The van der Waals surface area contributed by atoms with Gasteiger partial charge in [-0.25, -0.2) is 0 Å². The van der Waals surface area contributed by atoms with Crippen LogP contribution in [0.1, 0.15) is 22.3 Å². The molecule has 0 N–H and O–H groups in total. The summed E-state index contributed by atoms with van der Waals surface area (Å²) in [4.78, 5) is 2.58. The third-order valence-electron chi connectivity index (χ3n) is 14.1. The molecule has 11 aromatic carbocycles. The van der Waals surface area contributed by atoms with E-state index in [0.717, 1.165) is 17.1 Å². The van der Waals surface area contributed by atoms with E-state index in [2.05, 4.69) is 229 Å². The zero-order valence-corrected chi connectivity index (χ0v) is 35.0. The zero-order valence-electron chi connectivity index (χ0n) is 34.2. The second-order valence-electron chi connectivity index (χ2n) is 17.0. The summed E-state index contributed by atoms with van der Waals surface area (Å²) in [5.74, 6) is 0. The van der Waals surface area contributed by atoms with Gasteiger partial charge in [0.1, 0.15) is 0 Å². The Labute approximate surface area is 369 Å². The molecule has 1 heterocycles. The highest BCUT2D eigenvalue weighted by Crippen LogP contribution is 2.63. The molecule has 2 heteroatoms. The predicted molar refractivity (Wildman–Crippen MR) is 268 cm³/mol. The van der Waals surface area contributed by atoms with Gasteiger partial charge in [0, 0.05) is 42.4 Å². The van der Waals surface area contributed by atoms with Crippen LogP contribution in [0.15, 0.2) is 224 Å². The van der Waals surface area contributed by atoms with E-state index in [1.165, 1.54) is 108 Å². The van der Waals surface area contributed by atoms with Gasteiger partial charge in [0.2, 0.25) is 0 Å². The third-order valence-corrected chi connectivity index (χ3v) is 15.3. The maximum atomic E-state index is 2.58. The van der Waals surface area contributed by atoms with E-state index in [0.29, 0.717) is 0 Å². The van der Waals surface area contributed by atoms with Crippen LogP contribution in [0.25, 0.3) is 85.9 Å². The van der Waals surface area contributed by atoms with E-state index in [-0.39, 0.29) is 0 Å². The second-order valence-corrected chi connectivity index (χ2v) is 18.1. The summed E-state index contributed by atoms with van der Waals surface area (Å²) >= 11 is 1.89. The lowest BCUT2D eigenvalue weighted by Gasteiger charge is -2.33. The van der Waals surface area contributed by atoms with Crippen molar-refractivity contribution in [2.24, 2.45) is 0 Å². The van der Waals surface area contributed by atoms with Gasteiger partial charge in [0.25, 0.3) is 0 Å². The van der Waals surface area contributed by atoms with E-state index >= 15 is 0 Å². The van der Waals surface area contributed by atoms with Crippen LogP contribution in [-0.2, 0) is 5.41 Å². The third kappa shape index (κ3) is 4.66. The number of anilines is 3. The van der Waals surface area contributed by atoms with E-state index < -0.39 is 5.41 Å². The van der Waals surface area contributed by atoms with Crippen LogP contribution >= 0.6 is 11.3 Å². The van der Waals surface area contributed by atoms with Crippen LogP contribution in [0.2, 0.25) is 0 Å². The molecular weight excluding hydrogens is 779 g/mol. The Morgan fingerprint density at radius 3 is 1.41 bits per heavy atom. The molecule has 2 aliphatic rings. The van der Waals surface area contributed by atoms with Crippen molar-refractivity contribution < 1.29 is 0 Å². The number of para-hydroxylation sites is 1. The number of thiophene rings is 1. The lowest BCUT2D eigenvalue weighted by molar-refractivity contribution is 0.793. The van der Waals surface area contributed by atoms with Crippen molar-refractivity contribution in [3.8, 4) is 33.4 Å². The maximum Gasteiger partial charge on any atom is 0.0726 e. The molecule has 0 aliphatic heterocycles. The Balaban J connectivity index is 1.11. The molecule has 0 saturated heterocycles. The van der Waals surface area contributed by atoms with Gasteiger partial charge in [-0.2, -0.15) is 0 Å². The smallest absolute Gasteiger partial charge is 0.0726 e. The van der Waals surface area contributed by atoms with Gasteiger partial charge in [0.15, 0.2) is 0 Å². The van der Waals surface area contributed by atoms with E-state index in [4.69, 9.17) is 0 Å². The van der Waals surface area contributed by atoms with Crippen LogP contribution in [0.4, 0.5) is 17.1 Å². The van der Waals surface area contributed by atoms with Gasteiger partial charge >= 0.3 is 0 Å². The summed E-state index contributed by atoms with van der Waals surface area (Å²) < 4.78 is 2.62. The van der Waals surface area contributed by atoms with E-state index in [1.807, 2.05) is 11.3 Å². The fourth-order valence-electron chi connectivity index (χ4n) is 11.6. The summed E-state index contributed by atoms with van der Waals surface area (Å²) in [5, 5.41) is 10.2. The van der Waals surface area contributed by atoms with Gasteiger partial charge in [-0.3, -0.25) is 0 Å². The van der Waals surface area contributed by atoms with Gasteiger partial charge in [-0.1, -0.05) is 194 Å². The highest BCUT2D eigenvalue weighted by atomic mass is 32.1. The van der Waals surface area contributed by atoms with E-state index in [1.54, 1.807) is 0 Å². The van der Waals surface area contributed by atoms with Gasteiger partial charge in [-0.15, -0.1) is 11.3 Å². The Bertz CT molecular complexity index is 3780. The van der Waals surface area contributed by atoms with Crippen LogP contribution in [0.5, 0.6) is 0 Å². The van der Waals surface area contributed by atoms with Crippen LogP contribution in [-0.4, -0.2) is 0 Å². The Morgan fingerprint density at radius 2 is 0.746 bits per heavy atom. The molecule has 0 unspecified atom stereocenters. The molecule has 0 atom stereocenters. The molecule has 1 spiro atoms. The highest BCUT2D eigenvalue weighted by Gasteiger charge is 2.51. The molecule has 1 aromatic heterocycles. The summed E-state index contributed by atoms with van der Waals surface area (Å²) in [6.07, 6.45) is 0. The molecule has 63 heavy (non-hydrogen) atoms. The molecule has 0 bridgehead atoms. The first-order valence-corrected chi connectivity index (χ1v) is 22.7. The molecule has 0 fully saturated rings. The number of benzene rings is 11. The van der Waals surface area contributed by atoms with Gasteiger partial charge in [0.05, 0.1) is 16.8 Å². The molecule has 0 amide bonds. The van der Waals surface area contributed by atoms with Crippen molar-refractivity contribution in [2.45, 2.75) is 5.41 Å². The minimum absolute atomic E-state index is 0.468. The molecule has 292 valence electrons. The Hall–Kier alpha value is -7.78. The number of hydrogen-bond donors (Lipinski definition) is 0. The topological polar surface area (TPSA) is 3.24 Å². The highest BCUT2D eigenvalue weighted by molar-refractivity contribution is 7.26. The fourth-order valence-corrected chi connectivity index (χ4v) is 12.8. The minimum Gasteiger partial charge on any atom is -0.309 e. The van der Waals surface area contributed by atoms with Crippen LogP contribution in [0.3, 0.4) is 0 Å². The monoisotopic (exact) mass is 815 g/mol. The standard InChI is InChI=1S/C61H37NS/c1-2-18-41-39(17-1)40-19-3-4-25-48(40)59-49(41)26-16-33-57(59)62(56-32-13-8-23-46(56)50-27-15-28-51-47-24-9-14-34-58(47)63-60(50)51)38-35-36-45-44-22-7-12-31-54(44)61(55(45)37-38)52-29-10-5-20-42(52)43-21-6-11-30-53(43)61/h1-37H. The summed E-state index contributed by atoms with van der Waals surface area (Å²) in [5.41, 5.74) is 16.0. The SMILES string of the molecule is c1ccc(N(c2ccc3c(c2)C2(c4ccccc4-c4ccccc42)c2ccccc2-3)c2cccc3c4ccccc4c4ccccc4c23)c(-c2cccc3c2sc2ccccc23)c1. The number of rotatable bonds is 4. The van der Waals surface area contributed by atoms with Gasteiger partial charge in [-0.05, 0) is 102 Å². The van der Waals surface area contributed by atoms with Crippen molar-refractivity contribution in [3.63, 3.8) is 0 Å². The summed E-state index contributed by atoms with van der Waals surface area (Å²) in [6, 6.07) is 84.2. The van der Waals surface area contributed by atoms with E-state index in [9.17, 15) is 0 Å². The number of fused-ring (bicyclic) bond motifs is 19. The average molecular weight is 816 g/mol. The normalized spacial score (nSPS) is 13.2. The van der Waals surface area contributed by atoms with Crippen molar-refractivity contribution in [1.29, 1.82) is 0 Å². The van der Waals surface area contributed by atoms with Crippen molar-refractivity contribution >= 4 is 80.9 Å². The lowest BCUT2D eigenvalue weighted by Crippen LogP contribution is -2.26. The second kappa shape index (κ2) is 13.1. The predicted octanol–water partition coefficient (Wildman–Crippen LogP) is 17.0. The maximum absolute atomic E-state index is 2.58. The summed E-state index contributed by atoms with van der Waals surface area (Å²) in [7, 11) is 0. The first kappa shape index (κ1) is 34.9. The van der Waals surface area contributed by atoms with Crippen LogP contribution < -0.4 is 4.90 Å².